The molecule has 1 aromatic heterocycles. The molecule has 134 valence electrons. The van der Waals surface area contributed by atoms with Gasteiger partial charge in [-0.3, -0.25) is 14.3 Å². The Morgan fingerprint density at radius 3 is 2.68 bits per heavy atom. The molecule has 1 N–H and O–H groups in total. The molecule has 2 atom stereocenters. The first-order chi connectivity index (χ1) is 12.2. The predicted octanol–water partition coefficient (Wildman–Crippen LogP) is 0.427. The van der Waals surface area contributed by atoms with Crippen molar-refractivity contribution in [1.82, 2.24) is 14.5 Å². The summed E-state index contributed by atoms with van der Waals surface area (Å²) in [5.41, 5.74) is 0.0123. The van der Waals surface area contributed by atoms with Crippen molar-refractivity contribution in [2.45, 2.75) is 19.0 Å². The fourth-order valence-electron chi connectivity index (χ4n) is 3.88. The molecule has 2 unspecified atom stereocenters. The van der Waals surface area contributed by atoms with Crippen LogP contribution in [0.3, 0.4) is 0 Å². The van der Waals surface area contributed by atoms with E-state index < -0.39 is 0 Å². The summed E-state index contributed by atoms with van der Waals surface area (Å²) in [6, 6.07) is 7.25. The van der Waals surface area contributed by atoms with E-state index in [0.717, 1.165) is 26.1 Å². The highest BCUT2D eigenvalue weighted by atomic mass is 16.5. The fraction of sp³-hybridized carbons (Fsp3) is 0.556. The molecule has 25 heavy (non-hydrogen) atoms. The monoisotopic (exact) mass is 345 g/mol. The third kappa shape index (κ3) is 3.27. The maximum absolute atomic E-state index is 12.9. The van der Waals surface area contributed by atoms with Crippen LogP contribution in [0.5, 0.6) is 0 Å². The van der Waals surface area contributed by atoms with Gasteiger partial charge in [-0.15, -0.1) is 0 Å². The van der Waals surface area contributed by atoms with E-state index in [0.29, 0.717) is 43.2 Å². The predicted molar refractivity (Wildman–Crippen MR) is 93.9 cm³/mol. The zero-order valence-corrected chi connectivity index (χ0v) is 14.1. The Labute approximate surface area is 145 Å². The average molecular weight is 345 g/mol. The third-order valence-corrected chi connectivity index (χ3v) is 5.28. The van der Waals surface area contributed by atoms with Crippen molar-refractivity contribution < 1.29 is 9.47 Å². The molecular weight excluding hydrogens is 322 g/mol. The van der Waals surface area contributed by atoms with E-state index in [1.807, 2.05) is 12.1 Å². The Morgan fingerprint density at radius 1 is 1.12 bits per heavy atom. The fourth-order valence-corrected chi connectivity index (χ4v) is 3.88. The second-order valence-corrected chi connectivity index (χ2v) is 6.73. The maximum Gasteiger partial charge on any atom is 0.328 e. The number of morpholine rings is 1. The molecule has 2 aromatic rings. The van der Waals surface area contributed by atoms with Crippen LogP contribution in [0, 0.1) is 5.92 Å². The van der Waals surface area contributed by atoms with Gasteiger partial charge in [0.15, 0.2) is 0 Å². The van der Waals surface area contributed by atoms with E-state index in [4.69, 9.17) is 9.47 Å². The van der Waals surface area contributed by atoms with Crippen LogP contribution in [-0.2, 0) is 16.0 Å². The molecule has 2 fully saturated rings. The zero-order chi connectivity index (χ0) is 17.2. The normalized spacial score (nSPS) is 23.1. The first-order valence-corrected chi connectivity index (χ1v) is 8.85. The summed E-state index contributed by atoms with van der Waals surface area (Å²) >= 11 is 0. The summed E-state index contributed by atoms with van der Waals surface area (Å²) in [6.45, 7) is 4.83. The number of aromatic amines is 1. The van der Waals surface area contributed by atoms with Gasteiger partial charge < -0.3 is 14.5 Å². The average Bonchev–Trinajstić information content (AvgIpc) is 3.17. The van der Waals surface area contributed by atoms with E-state index in [1.165, 1.54) is 4.57 Å². The molecule has 4 rings (SSSR count). The minimum atomic E-state index is -0.346. The van der Waals surface area contributed by atoms with Crippen LogP contribution in [0.15, 0.2) is 33.9 Å². The summed E-state index contributed by atoms with van der Waals surface area (Å²) in [6.07, 6.45) is 0.961. The lowest BCUT2D eigenvalue weighted by Gasteiger charge is -2.37. The number of H-pyrrole nitrogens is 1. The molecular formula is C18H23N3O4. The largest absolute Gasteiger partial charge is 0.381 e. The second-order valence-electron chi connectivity index (χ2n) is 6.73. The molecule has 0 aliphatic carbocycles. The summed E-state index contributed by atoms with van der Waals surface area (Å²) in [5.74, 6) is 0.330. The minimum absolute atomic E-state index is 0.103. The van der Waals surface area contributed by atoms with Crippen molar-refractivity contribution in [3.05, 3.63) is 45.1 Å². The summed E-state index contributed by atoms with van der Waals surface area (Å²) in [4.78, 5) is 30.5. The number of hydrogen-bond donors (Lipinski definition) is 1. The Morgan fingerprint density at radius 2 is 1.92 bits per heavy atom. The van der Waals surface area contributed by atoms with Crippen LogP contribution >= 0.6 is 0 Å². The standard InChI is InChI=1S/C18H23N3O4/c22-17-14-3-1-2-4-15(14)19-18(23)21(17)11-16(13-5-8-25-12-13)20-6-9-24-10-7-20/h1-4,13,16H,5-12H2,(H,19,23). The number of ether oxygens (including phenoxy) is 2. The number of aromatic nitrogens is 2. The molecule has 3 heterocycles. The first-order valence-electron chi connectivity index (χ1n) is 8.85. The topological polar surface area (TPSA) is 76.6 Å². The molecule has 7 nitrogen and oxygen atoms in total. The molecule has 2 saturated heterocycles. The van der Waals surface area contributed by atoms with Crippen LogP contribution in [0.4, 0.5) is 0 Å². The van der Waals surface area contributed by atoms with Gasteiger partial charge in [0.05, 0.1) is 30.7 Å². The van der Waals surface area contributed by atoms with Crippen LogP contribution in [-0.4, -0.2) is 60.0 Å². The van der Waals surface area contributed by atoms with Gasteiger partial charge in [-0.2, -0.15) is 0 Å². The van der Waals surface area contributed by atoms with E-state index in [-0.39, 0.29) is 17.3 Å². The number of hydrogen-bond acceptors (Lipinski definition) is 5. The van der Waals surface area contributed by atoms with E-state index in [2.05, 4.69) is 9.88 Å². The number of rotatable bonds is 4. The lowest BCUT2D eigenvalue weighted by atomic mass is 9.96. The van der Waals surface area contributed by atoms with Crippen molar-refractivity contribution in [2.75, 3.05) is 39.5 Å². The quantitative estimate of drug-likeness (QED) is 0.869. The molecule has 7 heteroatoms. The van der Waals surface area contributed by atoms with Crippen molar-refractivity contribution >= 4 is 10.9 Å². The molecule has 0 bridgehead atoms. The van der Waals surface area contributed by atoms with Gasteiger partial charge in [0.1, 0.15) is 0 Å². The summed E-state index contributed by atoms with van der Waals surface area (Å²) < 4.78 is 12.4. The number of para-hydroxylation sites is 1. The Kier molecular flexibility index (Phi) is 4.70. The zero-order valence-electron chi connectivity index (χ0n) is 14.1. The molecule has 0 amide bonds. The second kappa shape index (κ2) is 7.11. The number of benzene rings is 1. The molecule has 2 aliphatic rings. The molecule has 1 aromatic carbocycles. The Hall–Kier alpha value is -1.96. The minimum Gasteiger partial charge on any atom is -0.381 e. The Bertz CT molecular complexity index is 847. The van der Waals surface area contributed by atoms with Crippen LogP contribution in [0.2, 0.25) is 0 Å². The van der Waals surface area contributed by atoms with Crippen LogP contribution in [0.25, 0.3) is 10.9 Å². The van der Waals surface area contributed by atoms with E-state index >= 15 is 0 Å². The van der Waals surface area contributed by atoms with E-state index in [1.54, 1.807) is 12.1 Å². The van der Waals surface area contributed by atoms with Gasteiger partial charge in [-0.25, -0.2) is 4.79 Å². The SMILES string of the molecule is O=c1[nH]c2ccccc2c(=O)n1CC(C1CCOC1)N1CCOCC1. The molecule has 0 radical (unpaired) electrons. The summed E-state index contributed by atoms with van der Waals surface area (Å²) in [7, 11) is 0. The first kappa shape index (κ1) is 16.5. The highest BCUT2D eigenvalue weighted by molar-refractivity contribution is 5.76. The Balaban J connectivity index is 1.70. The van der Waals surface area contributed by atoms with Crippen LogP contribution < -0.4 is 11.2 Å². The molecule has 0 saturated carbocycles. The van der Waals surface area contributed by atoms with Gasteiger partial charge >= 0.3 is 5.69 Å². The van der Waals surface area contributed by atoms with E-state index in [9.17, 15) is 9.59 Å². The van der Waals surface area contributed by atoms with Crippen molar-refractivity contribution in [1.29, 1.82) is 0 Å². The van der Waals surface area contributed by atoms with Crippen molar-refractivity contribution in [3.8, 4) is 0 Å². The van der Waals surface area contributed by atoms with Crippen LogP contribution in [0.1, 0.15) is 6.42 Å². The highest BCUT2D eigenvalue weighted by Gasteiger charge is 2.32. The van der Waals surface area contributed by atoms with Gasteiger partial charge in [-0.05, 0) is 18.6 Å². The third-order valence-electron chi connectivity index (χ3n) is 5.28. The smallest absolute Gasteiger partial charge is 0.328 e. The van der Waals surface area contributed by atoms with Gasteiger partial charge in [0.2, 0.25) is 0 Å². The van der Waals surface area contributed by atoms with Crippen molar-refractivity contribution in [3.63, 3.8) is 0 Å². The highest BCUT2D eigenvalue weighted by Crippen LogP contribution is 2.23. The molecule has 0 spiro atoms. The maximum atomic E-state index is 12.9. The lowest BCUT2D eigenvalue weighted by molar-refractivity contribution is -0.00389. The number of nitrogens with zero attached hydrogens (tertiary/aromatic N) is 2. The number of fused-ring (bicyclic) bond motifs is 1. The van der Waals surface area contributed by atoms with Gasteiger partial charge in [0.25, 0.3) is 5.56 Å². The van der Waals surface area contributed by atoms with Gasteiger partial charge in [-0.1, -0.05) is 12.1 Å². The lowest BCUT2D eigenvalue weighted by Crippen LogP contribution is -2.52. The summed E-state index contributed by atoms with van der Waals surface area (Å²) in [5, 5.41) is 0.547. The van der Waals surface area contributed by atoms with Gasteiger partial charge in [0, 0.05) is 38.2 Å². The number of nitrogens with one attached hydrogen (secondary N) is 1. The molecule has 2 aliphatic heterocycles. The van der Waals surface area contributed by atoms with Crippen molar-refractivity contribution in [2.24, 2.45) is 5.92 Å².